The summed E-state index contributed by atoms with van der Waals surface area (Å²) in [7, 11) is 0. The summed E-state index contributed by atoms with van der Waals surface area (Å²) < 4.78 is 6.50. The van der Waals surface area contributed by atoms with Crippen molar-refractivity contribution < 1.29 is 4.74 Å². The average molecular weight is 295 g/mol. The van der Waals surface area contributed by atoms with Gasteiger partial charge in [0.2, 0.25) is 5.88 Å². The molecule has 17 heavy (non-hydrogen) atoms. The average Bonchev–Trinajstić information content (AvgIpc) is 2.31. The predicted molar refractivity (Wildman–Crippen MR) is 68.8 cm³/mol. The van der Waals surface area contributed by atoms with E-state index in [9.17, 15) is 0 Å². The fraction of sp³-hybridized carbons (Fsp3) is 0.0909. The quantitative estimate of drug-likeness (QED) is 0.672. The van der Waals surface area contributed by atoms with E-state index in [2.05, 4.69) is 31.3 Å². The highest BCUT2D eigenvalue weighted by atomic mass is 79.9. The zero-order valence-electron chi connectivity index (χ0n) is 9.14. The summed E-state index contributed by atoms with van der Waals surface area (Å²) in [5.74, 6) is 7.54. The molecule has 0 saturated carbocycles. The maximum atomic E-state index is 5.64. The van der Waals surface area contributed by atoms with Crippen LogP contribution in [0.25, 0.3) is 0 Å². The first-order valence-electron chi connectivity index (χ1n) is 4.94. The van der Waals surface area contributed by atoms with Crippen molar-refractivity contribution in [3.8, 4) is 11.6 Å². The smallest absolute Gasteiger partial charge is 0.224 e. The van der Waals surface area contributed by atoms with Gasteiger partial charge in [0.05, 0.1) is 4.47 Å². The van der Waals surface area contributed by atoms with E-state index in [0.29, 0.717) is 23.3 Å². The first-order valence-corrected chi connectivity index (χ1v) is 5.73. The number of nitrogen functional groups attached to an aromatic ring is 1. The van der Waals surface area contributed by atoms with Gasteiger partial charge in [0.15, 0.2) is 0 Å². The SMILES string of the molecule is Cc1nc(NN)cc(Oc2ccccc2Br)n1. The molecular weight excluding hydrogens is 284 g/mol. The number of aryl methyl sites for hydroxylation is 1. The van der Waals surface area contributed by atoms with Crippen molar-refractivity contribution in [3.63, 3.8) is 0 Å². The van der Waals surface area contributed by atoms with Crippen LogP contribution >= 0.6 is 15.9 Å². The van der Waals surface area contributed by atoms with Gasteiger partial charge in [-0.3, -0.25) is 0 Å². The summed E-state index contributed by atoms with van der Waals surface area (Å²) in [6.07, 6.45) is 0. The number of hydrogen-bond acceptors (Lipinski definition) is 5. The van der Waals surface area contributed by atoms with Crippen molar-refractivity contribution in [2.24, 2.45) is 5.84 Å². The molecule has 0 aliphatic heterocycles. The predicted octanol–water partition coefficient (Wildman–Crippen LogP) is 2.63. The lowest BCUT2D eigenvalue weighted by atomic mass is 10.3. The highest BCUT2D eigenvalue weighted by Crippen LogP contribution is 2.28. The van der Waals surface area contributed by atoms with E-state index in [1.165, 1.54) is 0 Å². The van der Waals surface area contributed by atoms with Gasteiger partial charge in [0.1, 0.15) is 17.4 Å². The summed E-state index contributed by atoms with van der Waals surface area (Å²) in [5, 5.41) is 0. The number of anilines is 1. The van der Waals surface area contributed by atoms with Gasteiger partial charge in [-0.2, -0.15) is 4.98 Å². The van der Waals surface area contributed by atoms with E-state index in [0.717, 1.165) is 4.47 Å². The van der Waals surface area contributed by atoms with Gasteiger partial charge in [-0.25, -0.2) is 10.8 Å². The number of rotatable bonds is 3. The van der Waals surface area contributed by atoms with E-state index in [1.54, 1.807) is 13.0 Å². The lowest BCUT2D eigenvalue weighted by molar-refractivity contribution is 0.457. The molecule has 0 amide bonds. The Kier molecular flexibility index (Phi) is 3.55. The molecule has 0 saturated heterocycles. The summed E-state index contributed by atoms with van der Waals surface area (Å²) in [6.45, 7) is 1.77. The van der Waals surface area contributed by atoms with Gasteiger partial charge in [-0.15, -0.1) is 0 Å². The molecule has 3 N–H and O–H groups in total. The number of nitrogens with zero attached hydrogens (tertiary/aromatic N) is 2. The molecule has 0 unspecified atom stereocenters. The minimum absolute atomic E-state index is 0.442. The van der Waals surface area contributed by atoms with Crippen molar-refractivity contribution in [3.05, 3.63) is 40.6 Å². The lowest BCUT2D eigenvalue weighted by Gasteiger charge is -2.08. The molecule has 5 nitrogen and oxygen atoms in total. The molecule has 2 aromatic rings. The Hall–Kier alpha value is -1.66. The lowest BCUT2D eigenvalue weighted by Crippen LogP contribution is -2.09. The Morgan fingerprint density at radius 3 is 2.76 bits per heavy atom. The number of nitrogens with one attached hydrogen (secondary N) is 1. The van der Waals surface area contributed by atoms with Crippen LogP contribution in [-0.4, -0.2) is 9.97 Å². The number of ether oxygens (including phenoxy) is 1. The van der Waals surface area contributed by atoms with Crippen LogP contribution in [0.15, 0.2) is 34.8 Å². The summed E-state index contributed by atoms with van der Waals surface area (Å²) >= 11 is 3.40. The molecule has 2 rings (SSSR count). The molecule has 1 aromatic carbocycles. The largest absolute Gasteiger partial charge is 0.438 e. The molecule has 0 aliphatic carbocycles. The topological polar surface area (TPSA) is 73.1 Å². The van der Waals surface area contributed by atoms with Gasteiger partial charge in [0.25, 0.3) is 0 Å². The van der Waals surface area contributed by atoms with Crippen molar-refractivity contribution in [1.29, 1.82) is 0 Å². The number of aromatic nitrogens is 2. The number of benzene rings is 1. The second-order valence-electron chi connectivity index (χ2n) is 3.32. The number of halogens is 1. The van der Waals surface area contributed by atoms with Gasteiger partial charge >= 0.3 is 0 Å². The summed E-state index contributed by atoms with van der Waals surface area (Å²) in [4.78, 5) is 8.25. The standard InChI is InChI=1S/C11H11BrN4O/c1-7-14-10(16-13)6-11(15-7)17-9-5-3-2-4-8(9)12/h2-6H,13H2,1H3,(H,14,15,16). The van der Waals surface area contributed by atoms with Gasteiger partial charge in [-0.05, 0) is 35.0 Å². The maximum Gasteiger partial charge on any atom is 0.224 e. The van der Waals surface area contributed by atoms with Gasteiger partial charge < -0.3 is 10.2 Å². The van der Waals surface area contributed by atoms with E-state index >= 15 is 0 Å². The Morgan fingerprint density at radius 2 is 2.06 bits per heavy atom. The highest BCUT2D eigenvalue weighted by Gasteiger charge is 2.05. The van der Waals surface area contributed by atoms with Crippen LogP contribution in [-0.2, 0) is 0 Å². The van der Waals surface area contributed by atoms with Crippen LogP contribution in [0.4, 0.5) is 5.82 Å². The highest BCUT2D eigenvalue weighted by molar-refractivity contribution is 9.10. The first kappa shape index (κ1) is 11.8. The molecule has 0 radical (unpaired) electrons. The Labute approximate surface area is 107 Å². The van der Waals surface area contributed by atoms with Crippen molar-refractivity contribution in [2.75, 3.05) is 5.43 Å². The van der Waals surface area contributed by atoms with Crippen LogP contribution in [0.3, 0.4) is 0 Å². The Bertz CT molecular complexity index is 533. The zero-order chi connectivity index (χ0) is 12.3. The van der Waals surface area contributed by atoms with Crippen LogP contribution in [0, 0.1) is 6.92 Å². The molecule has 0 atom stereocenters. The summed E-state index contributed by atoms with van der Waals surface area (Å²) in [5.41, 5.74) is 2.47. The third-order valence-electron chi connectivity index (χ3n) is 2.01. The van der Waals surface area contributed by atoms with E-state index < -0.39 is 0 Å². The van der Waals surface area contributed by atoms with Crippen molar-refractivity contribution >= 4 is 21.7 Å². The van der Waals surface area contributed by atoms with Gasteiger partial charge in [-0.1, -0.05) is 12.1 Å². The van der Waals surface area contributed by atoms with Crippen LogP contribution in [0.5, 0.6) is 11.6 Å². The molecule has 0 bridgehead atoms. The van der Waals surface area contributed by atoms with E-state index in [-0.39, 0.29) is 0 Å². The Balaban J connectivity index is 2.30. The van der Waals surface area contributed by atoms with E-state index in [4.69, 9.17) is 10.6 Å². The third kappa shape index (κ3) is 2.92. The van der Waals surface area contributed by atoms with Gasteiger partial charge in [0, 0.05) is 6.07 Å². The zero-order valence-corrected chi connectivity index (χ0v) is 10.7. The monoisotopic (exact) mass is 294 g/mol. The molecule has 1 aromatic heterocycles. The number of hydrazine groups is 1. The van der Waals surface area contributed by atoms with Crippen LogP contribution < -0.4 is 16.0 Å². The molecule has 0 spiro atoms. The van der Waals surface area contributed by atoms with Crippen LogP contribution in [0.1, 0.15) is 5.82 Å². The fourth-order valence-electron chi connectivity index (χ4n) is 1.31. The summed E-state index contributed by atoms with van der Waals surface area (Å²) in [6, 6.07) is 9.17. The molecule has 1 heterocycles. The normalized spacial score (nSPS) is 10.1. The van der Waals surface area contributed by atoms with Crippen molar-refractivity contribution in [1.82, 2.24) is 9.97 Å². The van der Waals surface area contributed by atoms with E-state index in [1.807, 2.05) is 24.3 Å². The minimum Gasteiger partial charge on any atom is -0.438 e. The fourth-order valence-corrected chi connectivity index (χ4v) is 1.67. The molecule has 88 valence electrons. The third-order valence-corrected chi connectivity index (χ3v) is 2.67. The molecular formula is C11H11BrN4O. The van der Waals surface area contributed by atoms with Crippen molar-refractivity contribution in [2.45, 2.75) is 6.92 Å². The molecule has 0 aliphatic rings. The molecule has 0 fully saturated rings. The Morgan fingerprint density at radius 1 is 1.29 bits per heavy atom. The number of para-hydroxylation sites is 1. The second kappa shape index (κ2) is 5.11. The maximum absolute atomic E-state index is 5.64. The minimum atomic E-state index is 0.442. The number of nitrogens with two attached hydrogens (primary N) is 1. The number of hydrogen-bond donors (Lipinski definition) is 2. The van der Waals surface area contributed by atoms with Crippen LogP contribution in [0.2, 0.25) is 0 Å². The first-order chi connectivity index (χ1) is 8.19. The molecule has 6 heteroatoms. The second-order valence-corrected chi connectivity index (χ2v) is 4.17.